The van der Waals surface area contributed by atoms with Gasteiger partial charge >= 0.3 is 0 Å². The number of nitrogens with zero attached hydrogens (tertiary/aromatic N) is 2. The normalized spacial score (nSPS) is 13.4. The van der Waals surface area contributed by atoms with Crippen LogP contribution in [0, 0.1) is 0 Å². The molecule has 0 saturated heterocycles. The minimum absolute atomic E-state index is 0.682. The Kier molecular flexibility index (Phi) is 12.8. The van der Waals surface area contributed by atoms with Crippen LogP contribution in [0.15, 0.2) is 0 Å². The Morgan fingerprint density at radius 3 is 2.21 bits per heavy atom. The van der Waals surface area contributed by atoms with Gasteiger partial charge in [-0.05, 0) is 66.3 Å². The van der Waals surface area contributed by atoms with Crippen LogP contribution in [0.5, 0.6) is 0 Å². The summed E-state index contributed by atoms with van der Waals surface area (Å²) in [6.07, 6.45) is 6.50. The number of hydrogen-bond donors (Lipinski definition) is 1. The highest BCUT2D eigenvalue weighted by Crippen LogP contribution is 2.03. The van der Waals surface area contributed by atoms with Crippen LogP contribution in [-0.2, 0) is 0 Å². The summed E-state index contributed by atoms with van der Waals surface area (Å²) in [5.74, 6) is 0. The first kappa shape index (κ1) is 18.9. The third kappa shape index (κ3) is 12.6. The van der Waals surface area contributed by atoms with E-state index in [1.807, 2.05) is 0 Å². The van der Waals surface area contributed by atoms with E-state index in [9.17, 15) is 0 Å². The monoisotopic (exact) mass is 271 g/mol. The average molecular weight is 271 g/mol. The second-order valence-corrected chi connectivity index (χ2v) is 6.00. The second kappa shape index (κ2) is 12.9. The highest BCUT2D eigenvalue weighted by Gasteiger charge is 2.05. The first-order valence-corrected chi connectivity index (χ1v) is 8.20. The maximum Gasteiger partial charge on any atom is 0.0109 e. The van der Waals surface area contributed by atoms with E-state index in [1.54, 1.807) is 0 Å². The van der Waals surface area contributed by atoms with Crippen molar-refractivity contribution in [1.82, 2.24) is 15.1 Å². The van der Waals surface area contributed by atoms with E-state index in [0.29, 0.717) is 6.04 Å². The fraction of sp³-hybridized carbons (Fsp3) is 1.00. The van der Waals surface area contributed by atoms with Gasteiger partial charge in [-0.3, -0.25) is 0 Å². The van der Waals surface area contributed by atoms with Crippen molar-refractivity contribution in [2.75, 3.05) is 46.8 Å². The van der Waals surface area contributed by atoms with Gasteiger partial charge in [-0.1, -0.05) is 20.3 Å². The van der Waals surface area contributed by atoms with Crippen molar-refractivity contribution in [3.8, 4) is 0 Å². The van der Waals surface area contributed by atoms with Gasteiger partial charge in [0, 0.05) is 19.1 Å². The Bertz CT molecular complexity index is 183. The highest BCUT2D eigenvalue weighted by atomic mass is 15.2. The maximum absolute atomic E-state index is 3.57. The Hall–Kier alpha value is -0.120. The fourth-order valence-corrected chi connectivity index (χ4v) is 2.27. The third-order valence-corrected chi connectivity index (χ3v) is 3.51. The van der Waals surface area contributed by atoms with Crippen molar-refractivity contribution in [2.45, 2.75) is 58.9 Å². The van der Waals surface area contributed by atoms with Gasteiger partial charge in [0.15, 0.2) is 0 Å². The molecule has 1 unspecified atom stereocenters. The Balaban J connectivity index is 3.62. The lowest BCUT2D eigenvalue weighted by Crippen LogP contribution is -2.33. The summed E-state index contributed by atoms with van der Waals surface area (Å²) in [5.41, 5.74) is 0. The zero-order valence-electron chi connectivity index (χ0n) is 14.0. The average Bonchev–Trinajstić information content (AvgIpc) is 2.38. The zero-order valence-corrected chi connectivity index (χ0v) is 14.0. The van der Waals surface area contributed by atoms with Crippen LogP contribution in [0.1, 0.15) is 52.9 Å². The summed E-state index contributed by atoms with van der Waals surface area (Å²) in [7, 11) is 4.32. The summed E-state index contributed by atoms with van der Waals surface area (Å²) in [5, 5.41) is 3.57. The van der Waals surface area contributed by atoms with Crippen LogP contribution in [0.3, 0.4) is 0 Å². The van der Waals surface area contributed by atoms with Crippen molar-refractivity contribution in [2.24, 2.45) is 0 Å². The second-order valence-electron chi connectivity index (χ2n) is 6.00. The van der Waals surface area contributed by atoms with E-state index in [1.165, 1.54) is 58.3 Å². The Labute approximate surface area is 121 Å². The molecule has 3 nitrogen and oxygen atoms in total. The predicted octanol–water partition coefficient (Wildman–Crippen LogP) is 2.82. The van der Waals surface area contributed by atoms with E-state index in [-0.39, 0.29) is 0 Å². The molecule has 0 aromatic heterocycles. The quantitative estimate of drug-likeness (QED) is 0.520. The molecule has 116 valence electrons. The van der Waals surface area contributed by atoms with E-state index >= 15 is 0 Å². The van der Waals surface area contributed by atoms with Gasteiger partial charge in [0.2, 0.25) is 0 Å². The number of hydrogen-bond acceptors (Lipinski definition) is 3. The molecule has 0 heterocycles. The van der Waals surface area contributed by atoms with E-state index < -0.39 is 0 Å². The smallest absolute Gasteiger partial charge is 0.0109 e. The molecule has 0 bridgehead atoms. The van der Waals surface area contributed by atoms with Crippen LogP contribution in [0.4, 0.5) is 0 Å². The van der Waals surface area contributed by atoms with Crippen LogP contribution in [0.25, 0.3) is 0 Å². The number of rotatable bonds is 13. The Morgan fingerprint density at radius 2 is 1.63 bits per heavy atom. The van der Waals surface area contributed by atoms with Crippen LogP contribution in [0.2, 0.25) is 0 Å². The van der Waals surface area contributed by atoms with E-state index in [4.69, 9.17) is 0 Å². The minimum atomic E-state index is 0.682. The summed E-state index contributed by atoms with van der Waals surface area (Å²) in [6, 6.07) is 0.682. The van der Waals surface area contributed by atoms with Crippen molar-refractivity contribution in [1.29, 1.82) is 0 Å². The van der Waals surface area contributed by atoms with Crippen molar-refractivity contribution >= 4 is 0 Å². The van der Waals surface area contributed by atoms with Gasteiger partial charge in [-0.2, -0.15) is 0 Å². The molecule has 1 N–H and O–H groups in total. The third-order valence-electron chi connectivity index (χ3n) is 3.51. The lowest BCUT2D eigenvalue weighted by atomic mass is 10.1. The molecule has 1 atom stereocenters. The van der Waals surface area contributed by atoms with Crippen LogP contribution >= 0.6 is 0 Å². The molecule has 0 radical (unpaired) electrons. The molecular formula is C16H37N3. The van der Waals surface area contributed by atoms with Crippen LogP contribution < -0.4 is 5.32 Å². The molecule has 3 heteroatoms. The number of unbranched alkanes of at least 4 members (excludes halogenated alkanes) is 1. The molecule has 0 aliphatic rings. The summed E-state index contributed by atoms with van der Waals surface area (Å²) >= 11 is 0. The van der Waals surface area contributed by atoms with E-state index in [2.05, 4.69) is 50.0 Å². The highest BCUT2D eigenvalue weighted by molar-refractivity contribution is 4.63. The minimum Gasteiger partial charge on any atom is -0.314 e. The van der Waals surface area contributed by atoms with Gasteiger partial charge in [0.1, 0.15) is 0 Å². The molecule has 0 spiro atoms. The van der Waals surface area contributed by atoms with E-state index in [0.717, 1.165) is 6.54 Å². The molecule has 0 saturated carbocycles. The molecule has 0 rings (SSSR count). The molecule has 0 aromatic rings. The molecule has 0 amide bonds. The van der Waals surface area contributed by atoms with Gasteiger partial charge in [0.25, 0.3) is 0 Å². The molecule has 0 fully saturated rings. The van der Waals surface area contributed by atoms with Crippen molar-refractivity contribution in [3.05, 3.63) is 0 Å². The predicted molar refractivity (Wildman–Crippen MR) is 86.9 cm³/mol. The lowest BCUT2D eigenvalue weighted by molar-refractivity contribution is 0.235. The zero-order chi connectivity index (χ0) is 14.5. The van der Waals surface area contributed by atoms with Gasteiger partial charge in [-0.25, -0.2) is 0 Å². The molecule has 19 heavy (non-hydrogen) atoms. The molecule has 0 aliphatic carbocycles. The SMILES string of the molecule is CCCNC(C)CCCCN(CCC)CCN(C)C. The standard InChI is InChI=1S/C16H37N3/c1-6-11-17-16(3)10-8-9-13-19(12-7-2)15-14-18(4)5/h16-17H,6-15H2,1-5H3. The van der Waals surface area contributed by atoms with Crippen molar-refractivity contribution < 1.29 is 0 Å². The molecule has 0 aliphatic heterocycles. The van der Waals surface area contributed by atoms with Gasteiger partial charge in [0.05, 0.1) is 0 Å². The summed E-state index contributed by atoms with van der Waals surface area (Å²) in [4.78, 5) is 4.89. The Morgan fingerprint density at radius 1 is 0.895 bits per heavy atom. The van der Waals surface area contributed by atoms with Crippen molar-refractivity contribution in [3.63, 3.8) is 0 Å². The molecular weight excluding hydrogens is 234 g/mol. The lowest BCUT2D eigenvalue weighted by Gasteiger charge is -2.23. The number of nitrogens with one attached hydrogen (secondary N) is 1. The van der Waals surface area contributed by atoms with Crippen LogP contribution in [-0.4, -0.2) is 62.7 Å². The first-order valence-electron chi connectivity index (χ1n) is 8.20. The summed E-state index contributed by atoms with van der Waals surface area (Å²) in [6.45, 7) is 12.9. The summed E-state index contributed by atoms with van der Waals surface area (Å²) < 4.78 is 0. The van der Waals surface area contributed by atoms with Gasteiger partial charge < -0.3 is 15.1 Å². The first-order chi connectivity index (χ1) is 9.10. The largest absolute Gasteiger partial charge is 0.314 e. The number of likely N-dealkylation sites (N-methyl/N-ethyl adjacent to an activating group) is 1. The molecule has 0 aromatic carbocycles. The van der Waals surface area contributed by atoms with Gasteiger partial charge in [-0.15, -0.1) is 0 Å². The topological polar surface area (TPSA) is 18.5 Å². The fourth-order valence-electron chi connectivity index (χ4n) is 2.27. The maximum atomic E-state index is 3.57.